The quantitative estimate of drug-likeness (QED) is 0.860. The first-order chi connectivity index (χ1) is 10.3. The maximum atomic E-state index is 5.64. The number of aryl methyl sites for hydroxylation is 1. The van der Waals surface area contributed by atoms with Crippen LogP contribution in [-0.4, -0.2) is 66.8 Å². The highest BCUT2D eigenvalue weighted by Gasteiger charge is 2.34. The van der Waals surface area contributed by atoms with E-state index < -0.39 is 0 Å². The lowest BCUT2D eigenvalue weighted by Gasteiger charge is -2.46. The van der Waals surface area contributed by atoms with Gasteiger partial charge in [0.15, 0.2) is 0 Å². The summed E-state index contributed by atoms with van der Waals surface area (Å²) in [6.07, 6.45) is 0.993. The SMILES string of the molecule is CCCOc1cc(C)nc(N2CC(N3CCNCC3)C2)n1. The lowest BCUT2D eigenvalue weighted by molar-refractivity contribution is 0.146. The summed E-state index contributed by atoms with van der Waals surface area (Å²) < 4.78 is 5.64. The molecule has 0 saturated carbocycles. The molecule has 21 heavy (non-hydrogen) atoms. The number of hydrogen-bond donors (Lipinski definition) is 1. The Kier molecular flexibility index (Phi) is 4.55. The van der Waals surface area contributed by atoms with Crippen LogP contribution in [0.5, 0.6) is 5.88 Å². The van der Waals surface area contributed by atoms with Gasteiger partial charge in [-0.25, -0.2) is 4.98 Å². The molecule has 3 heterocycles. The first-order valence-electron chi connectivity index (χ1n) is 7.94. The zero-order valence-electron chi connectivity index (χ0n) is 13.0. The highest BCUT2D eigenvalue weighted by atomic mass is 16.5. The Balaban J connectivity index is 1.59. The molecule has 2 aliphatic heterocycles. The zero-order chi connectivity index (χ0) is 14.7. The summed E-state index contributed by atoms with van der Waals surface area (Å²) in [6, 6.07) is 2.56. The minimum atomic E-state index is 0.649. The minimum Gasteiger partial charge on any atom is -0.478 e. The molecule has 116 valence electrons. The van der Waals surface area contributed by atoms with Gasteiger partial charge >= 0.3 is 0 Å². The van der Waals surface area contributed by atoms with Gasteiger partial charge in [-0.15, -0.1) is 0 Å². The smallest absolute Gasteiger partial charge is 0.228 e. The molecule has 1 N–H and O–H groups in total. The Labute approximate surface area is 126 Å². The fourth-order valence-corrected chi connectivity index (χ4v) is 2.84. The summed E-state index contributed by atoms with van der Waals surface area (Å²) in [5.74, 6) is 1.51. The van der Waals surface area contributed by atoms with Gasteiger partial charge in [0, 0.05) is 57.1 Å². The lowest BCUT2D eigenvalue weighted by Crippen LogP contribution is -2.63. The average Bonchev–Trinajstić information content (AvgIpc) is 2.44. The number of ether oxygens (including phenoxy) is 1. The van der Waals surface area contributed by atoms with Crippen molar-refractivity contribution >= 4 is 5.95 Å². The third-order valence-corrected chi connectivity index (χ3v) is 4.09. The van der Waals surface area contributed by atoms with E-state index in [2.05, 4.69) is 32.0 Å². The molecule has 1 aromatic heterocycles. The Morgan fingerprint density at radius 1 is 1.29 bits per heavy atom. The monoisotopic (exact) mass is 291 g/mol. The number of anilines is 1. The second-order valence-electron chi connectivity index (χ2n) is 5.84. The van der Waals surface area contributed by atoms with Crippen LogP contribution in [0.2, 0.25) is 0 Å². The molecule has 2 fully saturated rings. The molecule has 0 amide bonds. The number of nitrogens with zero attached hydrogens (tertiary/aromatic N) is 4. The summed E-state index contributed by atoms with van der Waals surface area (Å²) in [6.45, 7) is 11.4. The van der Waals surface area contributed by atoms with Gasteiger partial charge in [0.1, 0.15) is 0 Å². The van der Waals surface area contributed by atoms with Crippen LogP contribution in [0.4, 0.5) is 5.95 Å². The second-order valence-corrected chi connectivity index (χ2v) is 5.84. The normalized spacial score (nSPS) is 20.4. The molecular weight excluding hydrogens is 266 g/mol. The minimum absolute atomic E-state index is 0.649. The van der Waals surface area contributed by atoms with Crippen molar-refractivity contribution in [3.63, 3.8) is 0 Å². The van der Waals surface area contributed by atoms with Crippen LogP contribution >= 0.6 is 0 Å². The third kappa shape index (κ3) is 3.44. The van der Waals surface area contributed by atoms with Crippen molar-refractivity contribution in [2.45, 2.75) is 26.3 Å². The van der Waals surface area contributed by atoms with Crippen molar-refractivity contribution < 1.29 is 4.74 Å². The molecule has 0 aromatic carbocycles. The van der Waals surface area contributed by atoms with Crippen molar-refractivity contribution in [1.82, 2.24) is 20.2 Å². The van der Waals surface area contributed by atoms with Gasteiger partial charge in [-0.05, 0) is 13.3 Å². The second kappa shape index (κ2) is 6.58. The van der Waals surface area contributed by atoms with Gasteiger partial charge in [0.05, 0.1) is 6.61 Å². The number of hydrogen-bond acceptors (Lipinski definition) is 6. The molecule has 6 nitrogen and oxygen atoms in total. The van der Waals surface area contributed by atoms with E-state index in [0.717, 1.165) is 57.3 Å². The van der Waals surface area contributed by atoms with E-state index in [0.29, 0.717) is 18.5 Å². The van der Waals surface area contributed by atoms with Crippen LogP contribution in [0.15, 0.2) is 6.07 Å². The summed E-state index contributed by atoms with van der Waals surface area (Å²) in [4.78, 5) is 13.9. The average molecular weight is 291 g/mol. The Morgan fingerprint density at radius 2 is 2.05 bits per heavy atom. The first kappa shape index (κ1) is 14.5. The lowest BCUT2D eigenvalue weighted by atomic mass is 10.1. The van der Waals surface area contributed by atoms with Crippen molar-refractivity contribution in [3.05, 3.63) is 11.8 Å². The van der Waals surface area contributed by atoms with Crippen LogP contribution in [0.3, 0.4) is 0 Å². The maximum Gasteiger partial charge on any atom is 0.228 e. The summed E-state index contributed by atoms with van der Waals surface area (Å²) >= 11 is 0. The van der Waals surface area contributed by atoms with Crippen molar-refractivity contribution in [2.24, 2.45) is 0 Å². The Morgan fingerprint density at radius 3 is 2.76 bits per heavy atom. The van der Waals surface area contributed by atoms with E-state index >= 15 is 0 Å². The maximum absolute atomic E-state index is 5.64. The van der Waals surface area contributed by atoms with E-state index in [1.165, 1.54) is 0 Å². The largest absolute Gasteiger partial charge is 0.478 e. The fourth-order valence-electron chi connectivity index (χ4n) is 2.84. The molecule has 2 aliphatic rings. The van der Waals surface area contributed by atoms with Gasteiger partial charge in [-0.2, -0.15) is 4.98 Å². The molecule has 1 aromatic rings. The number of aromatic nitrogens is 2. The molecular formula is C15H25N5O. The predicted octanol–water partition coefficient (Wildman–Crippen LogP) is 0.668. The van der Waals surface area contributed by atoms with Crippen LogP contribution in [0, 0.1) is 6.92 Å². The van der Waals surface area contributed by atoms with E-state index in [9.17, 15) is 0 Å². The molecule has 6 heteroatoms. The highest BCUT2D eigenvalue weighted by molar-refractivity contribution is 5.38. The van der Waals surface area contributed by atoms with Gasteiger partial charge in [-0.3, -0.25) is 4.90 Å². The molecule has 0 atom stereocenters. The molecule has 2 saturated heterocycles. The molecule has 0 unspecified atom stereocenters. The summed E-state index contributed by atoms with van der Waals surface area (Å²) in [7, 11) is 0. The van der Waals surface area contributed by atoms with E-state index in [4.69, 9.17) is 4.74 Å². The molecule has 0 aliphatic carbocycles. The molecule has 3 rings (SSSR count). The molecule has 0 spiro atoms. The van der Waals surface area contributed by atoms with E-state index in [1.54, 1.807) is 0 Å². The molecule has 0 radical (unpaired) electrons. The standard InChI is InChI=1S/C15H25N5O/c1-3-8-21-14-9-12(2)17-15(18-14)20-10-13(11-20)19-6-4-16-5-7-19/h9,13,16H,3-8,10-11H2,1-2H3. The summed E-state index contributed by atoms with van der Waals surface area (Å²) in [5.41, 5.74) is 0.969. The number of piperazine rings is 1. The van der Waals surface area contributed by atoms with Crippen molar-refractivity contribution in [2.75, 3.05) is 50.8 Å². The van der Waals surface area contributed by atoms with E-state index in [1.807, 2.05) is 13.0 Å². The van der Waals surface area contributed by atoms with Gasteiger partial charge in [-0.1, -0.05) is 6.92 Å². The predicted molar refractivity (Wildman–Crippen MR) is 83.0 cm³/mol. The van der Waals surface area contributed by atoms with Crippen LogP contribution in [0.1, 0.15) is 19.0 Å². The van der Waals surface area contributed by atoms with Crippen LogP contribution in [-0.2, 0) is 0 Å². The topological polar surface area (TPSA) is 53.5 Å². The number of nitrogens with one attached hydrogen (secondary N) is 1. The Bertz CT molecular complexity index is 469. The van der Waals surface area contributed by atoms with Gasteiger partial charge < -0.3 is 15.0 Å². The Hall–Kier alpha value is -1.40. The fraction of sp³-hybridized carbons (Fsp3) is 0.733. The third-order valence-electron chi connectivity index (χ3n) is 4.09. The van der Waals surface area contributed by atoms with Crippen LogP contribution in [0.25, 0.3) is 0 Å². The number of rotatable bonds is 5. The van der Waals surface area contributed by atoms with Crippen molar-refractivity contribution in [3.8, 4) is 5.88 Å². The highest BCUT2D eigenvalue weighted by Crippen LogP contribution is 2.23. The first-order valence-corrected chi connectivity index (χ1v) is 7.94. The van der Waals surface area contributed by atoms with E-state index in [-0.39, 0.29) is 0 Å². The van der Waals surface area contributed by atoms with Crippen molar-refractivity contribution in [1.29, 1.82) is 0 Å². The summed E-state index contributed by atoms with van der Waals surface area (Å²) in [5, 5.41) is 3.40. The molecule has 0 bridgehead atoms. The zero-order valence-corrected chi connectivity index (χ0v) is 13.0. The van der Waals surface area contributed by atoms with Gasteiger partial charge in [0.2, 0.25) is 11.8 Å². The van der Waals surface area contributed by atoms with Crippen LogP contribution < -0.4 is 15.0 Å². The van der Waals surface area contributed by atoms with Gasteiger partial charge in [0.25, 0.3) is 0 Å².